The molecule has 134 valence electrons. The zero-order valence-corrected chi connectivity index (χ0v) is 14.9. The molecule has 1 aromatic carbocycles. The summed E-state index contributed by atoms with van der Waals surface area (Å²) in [6.45, 7) is 5.61. The summed E-state index contributed by atoms with van der Waals surface area (Å²) in [6, 6.07) is 5.68. The van der Waals surface area contributed by atoms with E-state index in [0.29, 0.717) is 16.4 Å². The standard InChI is InChI=1S/C18H19F2NO3S/c1-4-15(18(22)23)24-17-13(19)7-12(8-14(17)20)11-5-6-21-16(9-11)25-10(2)3/h5-10,15H,4H2,1-3H3,(H,22,23). The van der Waals surface area contributed by atoms with E-state index >= 15 is 0 Å². The molecule has 0 bridgehead atoms. The van der Waals surface area contributed by atoms with E-state index in [0.717, 1.165) is 17.2 Å². The summed E-state index contributed by atoms with van der Waals surface area (Å²) in [7, 11) is 0. The number of rotatable bonds is 7. The average molecular weight is 367 g/mol. The number of carboxylic acid groups (broad SMARTS) is 1. The van der Waals surface area contributed by atoms with Crippen LogP contribution in [0.1, 0.15) is 27.2 Å². The van der Waals surface area contributed by atoms with E-state index in [-0.39, 0.29) is 6.42 Å². The summed E-state index contributed by atoms with van der Waals surface area (Å²) in [5.41, 5.74) is 0.950. The Kier molecular flexibility index (Phi) is 6.36. The molecular weight excluding hydrogens is 348 g/mol. The number of aromatic nitrogens is 1. The number of thioether (sulfide) groups is 1. The third kappa shape index (κ3) is 4.92. The normalized spacial score (nSPS) is 12.2. The largest absolute Gasteiger partial charge is 0.479 e. The average Bonchev–Trinajstić information content (AvgIpc) is 2.53. The lowest BCUT2D eigenvalue weighted by Gasteiger charge is -2.15. The molecule has 0 amide bonds. The van der Waals surface area contributed by atoms with Crippen molar-refractivity contribution in [2.75, 3.05) is 0 Å². The Balaban J connectivity index is 2.35. The quantitative estimate of drug-likeness (QED) is 0.715. The van der Waals surface area contributed by atoms with Crippen molar-refractivity contribution >= 4 is 17.7 Å². The van der Waals surface area contributed by atoms with Gasteiger partial charge in [0.2, 0.25) is 0 Å². The summed E-state index contributed by atoms with van der Waals surface area (Å²) >= 11 is 1.54. The monoisotopic (exact) mass is 367 g/mol. The molecule has 1 atom stereocenters. The predicted molar refractivity (Wildman–Crippen MR) is 92.9 cm³/mol. The molecule has 0 radical (unpaired) electrons. The minimum Gasteiger partial charge on any atom is -0.479 e. The van der Waals surface area contributed by atoms with Crippen molar-refractivity contribution in [3.05, 3.63) is 42.1 Å². The number of hydrogen-bond donors (Lipinski definition) is 1. The number of halogens is 2. The van der Waals surface area contributed by atoms with Crippen molar-refractivity contribution in [2.45, 2.75) is 43.6 Å². The number of benzene rings is 1. The van der Waals surface area contributed by atoms with Crippen LogP contribution in [0.5, 0.6) is 5.75 Å². The Morgan fingerprint density at radius 1 is 1.24 bits per heavy atom. The summed E-state index contributed by atoms with van der Waals surface area (Å²) in [6.07, 6.45) is 0.373. The second-order valence-corrected chi connectivity index (χ2v) is 7.27. The molecule has 0 aliphatic heterocycles. The highest BCUT2D eigenvalue weighted by atomic mass is 32.2. The first-order valence-electron chi connectivity index (χ1n) is 7.83. The lowest BCUT2D eigenvalue weighted by Crippen LogP contribution is -2.26. The Morgan fingerprint density at radius 2 is 1.88 bits per heavy atom. The molecule has 0 fully saturated rings. The Morgan fingerprint density at radius 3 is 2.40 bits per heavy atom. The van der Waals surface area contributed by atoms with Crippen LogP contribution < -0.4 is 4.74 Å². The van der Waals surface area contributed by atoms with Crippen molar-refractivity contribution in [1.82, 2.24) is 4.98 Å². The van der Waals surface area contributed by atoms with Gasteiger partial charge in [-0.15, -0.1) is 11.8 Å². The van der Waals surface area contributed by atoms with Crippen molar-refractivity contribution in [3.63, 3.8) is 0 Å². The summed E-state index contributed by atoms with van der Waals surface area (Å²) < 4.78 is 33.6. The second kappa shape index (κ2) is 8.29. The van der Waals surface area contributed by atoms with E-state index in [1.54, 1.807) is 37.0 Å². The van der Waals surface area contributed by atoms with Gasteiger partial charge < -0.3 is 9.84 Å². The molecule has 0 aliphatic carbocycles. The van der Waals surface area contributed by atoms with Crippen LogP contribution in [0.15, 0.2) is 35.5 Å². The van der Waals surface area contributed by atoms with Crippen LogP contribution in [-0.4, -0.2) is 27.4 Å². The fourth-order valence-corrected chi connectivity index (χ4v) is 2.98. The lowest BCUT2D eigenvalue weighted by atomic mass is 10.1. The molecule has 1 unspecified atom stereocenters. The number of aliphatic carboxylic acids is 1. The van der Waals surface area contributed by atoms with Crippen molar-refractivity contribution in [1.29, 1.82) is 0 Å². The van der Waals surface area contributed by atoms with Crippen LogP contribution in [0.25, 0.3) is 11.1 Å². The van der Waals surface area contributed by atoms with Crippen LogP contribution in [0.4, 0.5) is 8.78 Å². The molecule has 2 aromatic rings. The zero-order valence-electron chi connectivity index (χ0n) is 14.1. The van der Waals surface area contributed by atoms with Gasteiger partial charge in [0.15, 0.2) is 23.5 Å². The topological polar surface area (TPSA) is 59.4 Å². The van der Waals surface area contributed by atoms with Gasteiger partial charge >= 0.3 is 5.97 Å². The fraction of sp³-hybridized carbons (Fsp3) is 0.333. The molecule has 0 saturated carbocycles. The van der Waals surface area contributed by atoms with E-state index in [4.69, 9.17) is 9.84 Å². The Hall–Kier alpha value is -2.15. The zero-order chi connectivity index (χ0) is 18.6. The smallest absolute Gasteiger partial charge is 0.344 e. The molecule has 0 spiro atoms. The highest BCUT2D eigenvalue weighted by molar-refractivity contribution is 7.99. The molecule has 25 heavy (non-hydrogen) atoms. The van der Waals surface area contributed by atoms with Crippen molar-refractivity contribution in [3.8, 4) is 16.9 Å². The van der Waals surface area contributed by atoms with Crippen molar-refractivity contribution in [2.24, 2.45) is 0 Å². The lowest BCUT2D eigenvalue weighted by molar-refractivity contribution is -0.145. The molecule has 1 heterocycles. The van der Waals surface area contributed by atoms with Gasteiger partial charge in [-0.05, 0) is 41.8 Å². The molecule has 1 N–H and O–H groups in total. The highest BCUT2D eigenvalue weighted by Crippen LogP contribution is 2.31. The van der Waals surface area contributed by atoms with Gasteiger partial charge in [0.1, 0.15) is 0 Å². The van der Waals surface area contributed by atoms with Gasteiger partial charge in [-0.1, -0.05) is 20.8 Å². The van der Waals surface area contributed by atoms with Crippen LogP contribution in [0, 0.1) is 11.6 Å². The molecular formula is C18H19F2NO3S. The highest BCUT2D eigenvalue weighted by Gasteiger charge is 2.22. The fourth-order valence-electron chi connectivity index (χ4n) is 2.18. The van der Waals surface area contributed by atoms with Gasteiger partial charge in [-0.25, -0.2) is 18.6 Å². The number of carbonyl (C=O) groups is 1. The van der Waals surface area contributed by atoms with Gasteiger partial charge in [0.05, 0.1) is 5.03 Å². The number of hydrogen-bond acceptors (Lipinski definition) is 4. The summed E-state index contributed by atoms with van der Waals surface area (Å²) in [4.78, 5) is 15.2. The van der Waals surface area contributed by atoms with Gasteiger partial charge in [-0.2, -0.15) is 0 Å². The molecule has 7 heteroatoms. The maximum absolute atomic E-state index is 14.3. The van der Waals surface area contributed by atoms with Gasteiger partial charge in [0.25, 0.3) is 0 Å². The van der Waals surface area contributed by atoms with Crippen LogP contribution in [0.3, 0.4) is 0 Å². The summed E-state index contributed by atoms with van der Waals surface area (Å²) in [5, 5.41) is 10.1. The van der Waals surface area contributed by atoms with E-state index in [9.17, 15) is 13.6 Å². The maximum Gasteiger partial charge on any atom is 0.344 e. The SMILES string of the molecule is CCC(Oc1c(F)cc(-c2ccnc(SC(C)C)c2)cc1F)C(=O)O. The van der Waals surface area contributed by atoms with Gasteiger partial charge in [0, 0.05) is 11.4 Å². The van der Waals surface area contributed by atoms with Gasteiger partial charge in [-0.3, -0.25) is 0 Å². The van der Waals surface area contributed by atoms with E-state index in [1.165, 1.54) is 0 Å². The van der Waals surface area contributed by atoms with E-state index < -0.39 is 29.5 Å². The molecule has 0 saturated heterocycles. The number of ether oxygens (including phenoxy) is 1. The predicted octanol–water partition coefficient (Wildman–Crippen LogP) is 4.77. The molecule has 1 aromatic heterocycles. The number of pyridine rings is 1. The maximum atomic E-state index is 14.3. The molecule has 0 aliphatic rings. The molecule has 2 rings (SSSR count). The van der Waals surface area contributed by atoms with Crippen LogP contribution in [-0.2, 0) is 4.79 Å². The minimum atomic E-state index is -1.30. The minimum absolute atomic E-state index is 0.0934. The third-order valence-electron chi connectivity index (χ3n) is 3.33. The number of carboxylic acids is 1. The first-order chi connectivity index (χ1) is 11.8. The Bertz CT molecular complexity index is 745. The number of nitrogens with zero attached hydrogens (tertiary/aromatic N) is 1. The second-order valence-electron chi connectivity index (χ2n) is 5.67. The van der Waals surface area contributed by atoms with Crippen molar-refractivity contribution < 1.29 is 23.4 Å². The third-order valence-corrected chi connectivity index (χ3v) is 4.27. The first-order valence-corrected chi connectivity index (χ1v) is 8.71. The van der Waals surface area contributed by atoms with Crippen LogP contribution in [0.2, 0.25) is 0 Å². The van der Waals surface area contributed by atoms with E-state index in [1.807, 2.05) is 13.8 Å². The first kappa shape index (κ1) is 19.2. The Labute approximate surface area is 149 Å². The molecule has 4 nitrogen and oxygen atoms in total. The summed E-state index contributed by atoms with van der Waals surface area (Å²) in [5.74, 6) is -3.83. The van der Waals surface area contributed by atoms with E-state index in [2.05, 4.69) is 4.98 Å². The van der Waals surface area contributed by atoms with Crippen LogP contribution >= 0.6 is 11.8 Å².